The van der Waals surface area contributed by atoms with Crippen molar-refractivity contribution in [1.29, 1.82) is 0 Å². The van der Waals surface area contributed by atoms with E-state index in [0.717, 1.165) is 36.5 Å². The fourth-order valence-corrected chi connectivity index (χ4v) is 3.50. The first-order chi connectivity index (χ1) is 13.6. The maximum absolute atomic E-state index is 12.3. The lowest BCUT2D eigenvalue weighted by molar-refractivity contribution is -0.121. The number of carbonyl (C=O) groups is 1. The van der Waals surface area contributed by atoms with E-state index in [4.69, 9.17) is 16.1 Å². The number of aromatic nitrogens is 3. The van der Waals surface area contributed by atoms with Gasteiger partial charge in [-0.05, 0) is 37.1 Å². The maximum atomic E-state index is 12.3. The summed E-state index contributed by atoms with van der Waals surface area (Å²) in [5.74, 6) is 1.90. The van der Waals surface area contributed by atoms with Crippen LogP contribution in [-0.4, -0.2) is 40.2 Å². The first-order valence-electron chi connectivity index (χ1n) is 9.13. The van der Waals surface area contributed by atoms with Crippen molar-refractivity contribution in [3.63, 3.8) is 0 Å². The summed E-state index contributed by atoms with van der Waals surface area (Å²) in [6.45, 7) is 3.34. The second-order valence-electron chi connectivity index (χ2n) is 6.82. The average Bonchev–Trinajstić information content (AvgIpc) is 3.33. The van der Waals surface area contributed by atoms with E-state index < -0.39 is 0 Å². The predicted molar refractivity (Wildman–Crippen MR) is 106 cm³/mol. The van der Waals surface area contributed by atoms with Crippen LogP contribution in [0.5, 0.6) is 0 Å². The molecule has 1 aromatic carbocycles. The van der Waals surface area contributed by atoms with E-state index in [1.165, 1.54) is 0 Å². The molecule has 0 saturated carbocycles. The summed E-state index contributed by atoms with van der Waals surface area (Å²) in [5.41, 5.74) is 1.62. The summed E-state index contributed by atoms with van der Waals surface area (Å²) in [7, 11) is 0. The molecule has 1 saturated heterocycles. The molecule has 1 aliphatic heterocycles. The molecule has 1 fully saturated rings. The van der Waals surface area contributed by atoms with Crippen molar-refractivity contribution in [2.24, 2.45) is 0 Å². The summed E-state index contributed by atoms with van der Waals surface area (Å²) < 4.78 is 5.16. The van der Waals surface area contributed by atoms with Gasteiger partial charge in [0.15, 0.2) is 5.82 Å². The number of rotatable bonds is 5. The van der Waals surface area contributed by atoms with Crippen molar-refractivity contribution in [3.05, 3.63) is 59.0 Å². The lowest BCUT2D eigenvalue weighted by Crippen LogP contribution is -2.38. The average molecular weight is 398 g/mol. The van der Waals surface area contributed by atoms with E-state index in [-0.39, 0.29) is 18.4 Å². The summed E-state index contributed by atoms with van der Waals surface area (Å²) in [4.78, 5) is 23.2. The van der Waals surface area contributed by atoms with E-state index in [9.17, 15) is 4.79 Å². The number of carbonyl (C=O) groups excluding carboxylic acids is 1. The second kappa shape index (κ2) is 7.98. The maximum Gasteiger partial charge on any atom is 0.259 e. The number of nitrogens with zero attached hydrogens (tertiary/aromatic N) is 4. The quantitative estimate of drug-likeness (QED) is 0.712. The number of amides is 1. The highest BCUT2D eigenvalue weighted by atomic mass is 35.5. The number of nitrogens with one attached hydrogen (secondary N) is 1. The van der Waals surface area contributed by atoms with Crippen molar-refractivity contribution in [2.45, 2.75) is 25.8 Å². The van der Waals surface area contributed by atoms with Crippen LogP contribution in [0.1, 0.15) is 17.8 Å². The summed E-state index contributed by atoms with van der Waals surface area (Å²) in [5, 5.41) is 7.50. The number of pyridine rings is 1. The molecule has 1 amide bonds. The minimum atomic E-state index is -0.0185. The molecule has 0 unspecified atom stereocenters. The van der Waals surface area contributed by atoms with Gasteiger partial charge < -0.3 is 14.7 Å². The molecule has 1 N–H and O–H groups in total. The third-order valence-corrected chi connectivity index (χ3v) is 5.08. The third kappa shape index (κ3) is 4.14. The van der Waals surface area contributed by atoms with Crippen LogP contribution in [0.3, 0.4) is 0 Å². The van der Waals surface area contributed by atoms with Crippen molar-refractivity contribution in [3.8, 4) is 11.5 Å². The van der Waals surface area contributed by atoms with Gasteiger partial charge in [-0.15, -0.1) is 0 Å². The summed E-state index contributed by atoms with van der Waals surface area (Å²) in [6, 6.07) is 11.4. The van der Waals surface area contributed by atoms with E-state index in [0.29, 0.717) is 16.7 Å². The molecule has 28 heavy (non-hydrogen) atoms. The number of hydrogen-bond acceptors (Lipinski definition) is 6. The van der Waals surface area contributed by atoms with Gasteiger partial charge in [-0.1, -0.05) is 35.0 Å². The molecular weight excluding hydrogens is 378 g/mol. The monoisotopic (exact) mass is 397 g/mol. The van der Waals surface area contributed by atoms with Crippen LogP contribution in [0, 0.1) is 6.92 Å². The zero-order chi connectivity index (χ0) is 19.5. The van der Waals surface area contributed by atoms with Crippen LogP contribution in [0.15, 0.2) is 47.1 Å². The zero-order valence-corrected chi connectivity index (χ0v) is 16.2. The first kappa shape index (κ1) is 18.4. The number of halogens is 1. The van der Waals surface area contributed by atoms with E-state index in [2.05, 4.69) is 25.3 Å². The highest BCUT2D eigenvalue weighted by molar-refractivity contribution is 6.31. The van der Waals surface area contributed by atoms with Gasteiger partial charge in [0.1, 0.15) is 5.82 Å². The van der Waals surface area contributed by atoms with Crippen LogP contribution in [-0.2, 0) is 11.2 Å². The number of hydrogen-bond donors (Lipinski definition) is 1. The fraction of sp³-hybridized carbons (Fsp3) is 0.300. The van der Waals surface area contributed by atoms with Gasteiger partial charge in [-0.25, -0.2) is 4.98 Å². The Labute approximate surface area is 167 Å². The molecule has 7 nitrogen and oxygen atoms in total. The van der Waals surface area contributed by atoms with Crippen molar-refractivity contribution in [2.75, 3.05) is 18.0 Å². The molecule has 2 aromatic heterocycles. The third-order valence-electron chi connectivity index (χ3n) is 4.71. The highest BCUT2D eigenvalue weighted by Gasteiger charge is 2.25. The molecule has 0 spiro atoms. The van der Waals surface area contributed by atoms with Gasteiger partial charge in [0, 0.05) is 30.4 Å². The molecule has 3 aromatic rings. The lowest BCUT2D eigenvalue weighted by atomic mass is 10.1. The number of benzene rings is 1. The Morgan fingerprint density at radius 2 is 2.18 bits per heavy atom. The Balaban J connectivity index is 1.33. The topological polar surface area (TPSA) is 84.2 Å². The molecule has 0 aliphatic carbocycles. The van der Waals surface area contributed by atoms with Gasteiger partial charge in [-0.2, -0.15) is 4.98 Å². The Morgan fingerprint density at radius 1 is 1.32 bits per heavy atom. The smallest absolute Gasteiger partial charge is 0.259 e. The van der Waals surface area contributed by atoms with Crippen LogP contribution >= 0.6 is 11.6 Å². The number of anilines is 1. The molecule has 8 heteroatoms. The van der Waals surface area contributed by atoms with Gasteiger partial charge in [0.05, 0.1) is 12.0 Å². The largest absolute Gasteiger partial charge is 0.354 e. The van der Waals surface area contributed by atoms with Crippen LogP contribution in [0.2, 0.25) is 5.02 Å². The van der Waals surface area contributed by atoms with E-state index >= 15 is 0 Å². The molecule has 3 heterocycles. The van der Waals surface area contributed by atoms with Crippen LogP contribution < -0.4 is 10.2 Å². The van der Waals surface area contributed by atoms with Crippen LogP contribution in [0.25, 0.3) is 11.5 Å². The van der Waals surface area contributed by atoms with Gasteiger partial charge in [0.25, 0.3) is 5.89 Å². The fourth-order valence-electron chi connectivity index (χ4n) is 3.29. The predicted octanol–water partition coefficient (Wildman–Crippen LogP) is 3.03. The van der Waals surface area contributed by atoms with Gasteiger partial charge >= 0.3 is 0 Å². The highest BCUT2D eigenvalue weighted by Crippen LogP contribution is 2.22. The Kier molecular flexibility index (Phi) is 5.25. The lowest BCUT2D eigenvalue weighted by Gasteiger charge is -2.18. The number of aryl methyl sites for hydroxylation is 1. The van der Waals surface area contributed by atoms with Crippen molar-refractivity contribution in [1.82, 2.24) is 20.4 Å². The van der Waals surface area contributed by atoms with Crippen molar-refractivity contribution >= 4 is 23.3 Å². The Hall–Kier alpha value is -2.93. The molecule has 0 bridgehead atoms. The van der Waals surface area contributed by atoms with Crippen LogP contribution in [0.4, 0.5) is 5.82 Å². The Bertz CT molecular complexity index is 973. The van der Waals surface area contributed by atoms with Gasteiger partial charge in [0.2, 0.25) is 5.91 Å². The first-order valence-corrected chi connectivity index (χ1v) is 9.51. The standard InChI is InChI=1S/C20H20ClN5O2/c1-13-23-20(28-25-13)15-6-7-18(22-11-15)26-9-8-16(12-26)24-19(27)10-14-4-2-3-5-17(14)21/h2-7,11,16H,8-10,12H2,1H3,(H,24,27)/t16-/m1/s1. The van der Waals surface area contributed by atoms with E-state index in [1.54, 1.807) is 19.2 Å². The Morgan fingerprint density at radius 3 is 2.89 bits per heavy atom. The SMILES string of the molecule is Cc1noc(-c2ccc(N3CC[C@@H](NC(=O)Cc4ccccc4Cl)C3)nc2)n1. The summed E-state index contributed by atoms with van der Waals surface area (Å²) in [6.07, 6.45) is 2.89. The molecule has 144 valence electrons. The molecule has 0 radical (unpaired) electrons. The van der Waals surface area contributed by atoms with Crippen molar-refractivity contribution < 1.29 is 9.32 Å². The summed E-state index contributed by atoms with van der Waals surface area (Å²) >= 11 is 6.13. The molecule has 1 atom stereocenters. The molecular formula is C20H20ClN5O2. The minimum absolute atomic E-state index is 0.0185. The minimum Gasteiger partial charge on any atom is -0.354 e. The van der Waals surface area contributed by atoms with Gasteiger partial charge in [-0.3, -0.25) is 4.79 Å². The normalized spacial score (nSPS) is 16.4. The second-order valence-corrected chi connectivity index (χ2v) is 7.23. The van der Waals surface area contributed by atoms with E-state index in [1.807, 2.05) is 30.3 Å². The zero-order valence-electron chi connectivity index (χ0n) is 15.4. The molecule has 1 aliphatic rings. The molecule has 4 rings (SSSR count).